The van der Waals surface area contributed by atoms with Gasteiger partial charge in [-0.15, -0.1) is 23.5 Å². The van der Waals surface area contributed by atoms with E-state index in [1.165, 1.54) is 17.1 Å². The summed E-state index contributed by atoms with van der Waals surface area (Å²) in [5.74, 6) is 1.34. The molecule has 6 heteroatoms. The highest BCUT2D eigenvalue weighted by Crippen LogP contribution is 2.45. The third-order valence-electron chi connectivity index (χ3n) is 4.18. The van der Waals surface area contributed by atoms with Crippen molar-refractivity contribution < 1.29 is 14.7 Å². The summed E-state index contributed by atoms with van der Waals surface area (Å²) in [5, 5.41) is 9.01. The van der Waals surface area contributed by atoms with Gasteiger partial charge in [-0.1, -0.05) is 12.1 Å². The Morgan fingerprint density at radius 3 is 2.18 bits per heavy atom. The molecule has 1 N–H and O–H groups in total. The van der Waals surface area contributed by atoms with E-state index in [0.29, 0.717) is 36.1 Å². The maximum Gasteiger partial charge on any atom is 0.306 e. The number of rotatable bonds is 3. The largest absolute Gasteiger partial charge is 0.481 e. The van der Waals surface area contributed by atoms with Crippen LogP contribution in [0.25, 0.3) is 0 Å². The highest BCUT2D eigenvalue weighted by molar-refractivity contribution is 8.19. The summed E-state index contributed by atoms with van der Waals surface area (Å²) in [6.45, 7) is 1.07. The van der Waals surface area contributed by atoms with Gasteiger partial charge in [-0.3, -0.25) is 9.59 Å². The van der Waals surface area contributed by atoms with Crippen LogP contribution in [-0.2, 0) is 4.79 Å². The molecule has 1 aromatic carbocycles. The average molecular weight is 337 g/mol. The van der Waals surface area contributed by atoms with Crippen LogP contribution in [-0.4, -0.2) is 46.5 Å². The fraction of sp³-hybridized carbons (Fsp3) is 0.500. The van der Waals surface area contributed by atoms with Crippen molar-refractivity contribution >= 4 is 35.4 Å². The van der Waals surface area contributed by atoms with Crippen LogP contribution < -0.4 is 0 Å². The summed E-state index contributed by atoms with van der Waals surface area (Å²) in [4.78, 5) is 25.2. The third-order valence-corrected chi connectivity index (χ3v) is 7.29. The molecule has 0 bridgehead atoms. The number of benzene rings is 1. The molecule has 2 aliphatic rings. The quantitative estimate of drug-likeness (QED) is 0.918. The molecule has 118 valence electrons. The van der Waals surface area contributed by atoms with Crippen LogP contribution in [0.5, 0.6) is 0 Å². The maximum atomic E-state index is 12.5. The van der Waals surface area contributed by atoms with Gasteiger partial charge in [0.25, 0.3) is 5.91 Å². The molecule has 22 heavy (non-hydrogen) atoms. The van der Waals surface area contributed by atoms with Gasteiger partial charge in [0.2, 0.25) is 0 Å². The van der Waals surface area contributed by atoms with Crippen molar-refractivity contribution in [2.24, 2.45) is 5.92 Å². The molecule has 2 saturated heterocycles. The van der Waals surface area contributed by atoms with E-state index in [-0.39, 0.29) is 11.8 Å². The number of aliphatic carboxylic acids is 1. The zero-order valence-corrected chi connectivity index (χ0v) is 13.9. The second-order valence-electron chi connectivity index (χ2n) is 5.60. The van der Waals surface area contributed by atoms with Gasteiger partial charge in [-0.25, -0.2) is 0 Å². The molecule has 0 unspecified atom stereocenters. The van der Waals surface area contributed by atoms with Crippen molar-refractivity contribution in [2.75, 3.05) is 24.6 Å². The van der Waals surface area contributed by atoms with E-state index < -0.39 is 5.97 Å². The minimum Gasteiger partial charge on any atom is -0.481 e. The number of nitrogens with zero attached hydrogens (tertiary/aromatic N) is 1. The average Bonchev–Trinajstić information content (AvgIpc) is 3.09. The Hall–Kier alpha value is -1.14. The van der Waals surface area contributed by atoms with Crippen molar-refractivity contribution in [3.05, 3.63) is 35.4 Å². The van der Waals surface area contributed by atoms with Gasteiger partial charge in [0.1, 0.15) is 0 Å². The number of piperidine rings is 1. The zero-order valence-electron chi connectivity index (χ0n) is 12.2. The van der Waals surface area contributed by atoms with Gasteiger partial charge in [-0.2, -0.15) is 0 Å². The second kappa shape index (κ2) is 6.96. The first-order valence-electron chi connectivity index (χ1n) is 7.50. The lowest BCUT2D eigenvalue weighted by Crippen LogP contribution is -2.40. The highest BCUT2D eigenvalue weighted by Gasteiger charge is 2.27. The number of carbonyl (C=O) groups is 2. The Morgan fingerprint density at radius 1 is 1.05 bits per heavy atom. The molecule has 3 rings (SSSR count). The fourth-order valence-corrected chi connectivity index (χ4v) is 5.71. The third kappa shape index (κ3) is 3.43. The van der Waals surface area contributed by atoms with Gasteiger partial charge in [0.05, 0.1) is 10.5 Å². The SMILES string of the molecule is O=C(O)C1CCN(C(=O)c2ccc(C3SCCS3)cc2)CC1. The van der Waals surface area contributed by atoms with Gasteiger partial charge < -0.3 is 10.0 Å². The number of carboxylic acid groups (broad SMARTS) is 1. The molecular formula is C16H19NO3S2. The van der Waals surface area contributed by atoms with Crippen LogP contribution in [0.2, 0.25) is 0 Å². The Kier molecular flexibility index (Phi) is 4.98. The number of hydrogen-bond donors (Lipinski definition) is 1. The van der Waals surface area contributed by atoms with E-state index in [9.17, 15) is 9.59 Å². The smallest absolute Gasteiger partial charge is 0.306 e. The molecule has 4 nitrogen and oxygen atoms in total. The lowest BCUT2D eigenvalue weighted by atomic mass is 9.96. The van der Waals surface area contributed by atoms with Crippen molar-refractivity contribution in [1.29, 1.82) is 0 Å². The van der Waals surface area contributed by atoms with Crippen molar-refractivity contribution in [1.82, 2.24) is 4.90 Å². The van der Waals surface area contributed by atoms with E-state index in [1.807, 2.05) is 47.8 Å². The number of thioether (sulfide) groups is 2. The predicted molar refractivity (Wildman–Crippen MR) is 90.4 cm³/mol. The van der Waals surface area contributed by atoms with Crippen molar-refractivity contribution in [3.63, 3.8) is 0 Å². The zero-order chi connectivity index (χ0) is 15.5. The van der Waals surface area contributed by atoms with Crippen LogP contribution >= 0.6 is 23.5 Å². The van der Waals surface area contributed by atoms with Gasteiger partial charge in [0.15, 0.2) is 0 Å². The van der Waals surface area contributed by atoms with E-state index in [4.69, 9.17) is 5.11 Å². The minimum absolute atomic E-state index is 0.0158. The summed E-state index contributed by atoms with van der Waals surface area (Å²) < 4.78 is 0.496. The molecule has 2 aliphatic heterocycles. The number of amides is 1. The highest BCUT2D eigenvalue weighted by atomic mass is 32.2. The van der Waals surface area contributed by atoms with Crippen molar-refractivity contribution in [3.8, 4) is 0 Å². The maximum absolute atomic E-state index is 12.5. The molecule has 1 amide bonds. The molecule has 1 aromatic rings. The molecular weight excluding hydrogens is 318 g/mol. The molecule has 2 fully saturated rings. The molecule has 0 radical (unpaired) electrons. The standard InChI is InChI=1S/C16H19NO3S2/c18-14(17-7-5-12(6-8-17)15(19)20)11-1-3-13(4-2-11)16-21-9-10-22-16/h1-4,12,16H,5-10H2,(H,19,20). The molecule has 0 spiro atoms. The van der Waals surface area contributed by atoms with Gasteiger partial charge in [0, 0.05) is 30.2 Å². The van der Waals surface area contributed by atoms with Crippen molar-refractivity contribution in [2.45, 2.75) is 17.4 Å². The van der Waals surface area contributed by atoms with Crippen LogP contribution in [0.1, 0.15) is 33.3 Å². The predicted octanol–water partition coefficient (Wildman–Crippen LogP) is 3.10. The second-order valence-corrected chi connectivity index (χ2v) is 8.32. The summed E-state index contributed by atoms with van der Waals surface area (Å²) in [6, 6.07) is 7.90. The van der Waals surface area contributed by atoms with Gasteiger partial charge >= 0.3 is 5.97 Å². The number of likely N-dealkylation sites (tertiary alicyclic amines) is 1. The Morgan fingerprint density at radius 2 is 1.64 bits per heavy atom. The summed E-state index contributed by atoms with van der Waals surface area (Å²) in [6.07, 6.45) is 1.10. The first-order chi connectivity index (χ1) is 10.6. The molecule has 2 heterocycles. The minimum atomic E-state index is -0.747. The fourth-order valence-electron chi connectivity index (χ4n) is 2.85. The lowest BCUT2D eigenvalue weighted by Gasteiger charge is -2.30. The number of hydrogen-bond acceptors (Lipinski definition) is 4. The Bertz CT molecular complexity index is 547. The molecule has 0 saturated carbocycles. The van der Waals surface area contributed by atoms with Gasteiger partial charge in [-0.05, 0) is 30.5 Å². The monoisotopic (exact) mass is 337 g/mol. The topological polar surface area (TPSA) is 57.6 Å². The normalized spacial score (nSPS) is 20.3. The summed E-state index contributed by atoms with van der Waals surface area (Å²) in [7, 11) is 0. The molecule has 0 atom stereocenters. The van der Waals surface area contributed by atoms with Crippen LogP contribution in [0.4, 0.5) is 0 Å². The summed E-state index contributed by atoms with van der Waals surface area (Å²) in [5.41, 5.74) is 1.97. The first-order valence-corrected chi connectivity index (χ1v) is 9.60. The summed E-state index contributed by atoms with van der Waals surface area (Å²) >= 11 is 3.91. The van der Waals surface area contributed by atoms with E-state index in [1.54, 1.807) is 4.90 Å². The van der Waals surface area contributed by atoms with E-state index in [2.05, 4.69) is 0 Å². The van der Waals surface area contributed by atoms with E-state index >= 15 is 0 Å². The molecule has 0 aliphatic carbocycles. The van der Waals surface area contributed by atoms with E-state index in [0.717, 1.165) is 0 Å². The molecule has 0 aromatic heterocycles. The Labute approximate surface area is 138 Å². The Balaban J connectivity index is 1.61. The van der Waals surface area contributed by atoms with Crippen LogP contribution in [0.15, 0.2) is 24.3 Å². The van der Waals surface area contributed by atoms with Crippen LogP contribution in [0, 0.1) is 5.92 Å². The lowest BCUT2D eigenvalue weighted by molar-refractivity contribution is -0.143. The first kappa shape index (κ1) is 15.7. The number of carbonyl (C=O) groups excluding carboxylic acids is 1. The van der Waals surface area contributed by atoms with Crippen LogP contribution in [0.3, 0.4) is 0 Å². The number of carboxylic acids is 1.